The molecule has 4 heteroatoms. The minimum Gasteiger partial charge on any atom is -0.480 e. The number of halogens is 1. The largest absolute Gasteiger partial charge is 0.480 e. The Morgan fingerprint density at radius 1 is 1.54 bits per heavy atom. The lowest BCUT2D eigenvalue weighted by molar-refractivity contribution is -0.136. The summed E-state index contributed by atoms with van der Waals surface area (Å²) < 4.78 is 0. The van der Waals surface area contributed by atoms with Gasteiger partial charge in [0.1, 0.15) is 4.83 Å². The van der Waals surface area contributed by atoms with Gasteiger partial charge in [-0.1, -0.05) is 34.1 Å². The summed E-state index contributed by atoms with van der Waals surface area (Å²) in [5, 5.41) is 17.4. The van der Waals surface area contributed by atoms with E-state index in [0.29, 0.717) is 11.1 Å². The highest BCUT2D eigenvalue weighted by Crippen LogP contribution is 2.25. The first-order valence-electron chi connectivity index (χ1n) is 3.52. The van der Waals surface area contributed by atoms with Crippen LogP contribution in [0.3, 0.4) is 0 Å². The molecule has 66 valence electrons. The number of alkyl halides is 1. The van der Waals surface area contributed by atoms with Crippen molar-refractivity contribution in [3.8, 4) is 6.07 Å². The molecule has 0 aliphatic rings. The maximum atomic E-state index is 10.6. The van der Waals surface area contributed by atoms with Crippen LogP contribution in [0.1, 0.15) is 16.0 Å². The molecular formula is C9H6BrNO2. The fourth-order valence-electron chi connectivity index (χ4n) is 0.953. The van der Waals surface area contributed by atoms with Gasteiger partial charge in [-0.15, -0.1) is 0 Å². The third kappa shape index (κ3) is 2.07. The third-order valence-electron chi connectivity index (χ3n) is 1.57. The molecule has 1 aromatic carbocycles. The SMILES string of the molecule is N#Cc1ccccc1C(Br)C(=O)O. The number of hydrogen-bond acceptors (Lipinski definition) is 2. The number of nitrogens with zero attached hydrogens (tertiary/aromatic N) is 1. The van der Waals surface area contributed by atoms with Gasteiger partial charge in [-0.2, -0.15) is 5.26 Å². The van der Waals surface area contributed by atoms with Crippen LogP contribution in [0.25, 0.3) is 0 Å². The van der Waals surface area contributed by atoms with Crippen LogP contribution in [0.2, 0.25) is 0 Å². The number of hydrogen-bond donors (Lipinski definition) is 1. The van der Waals surface area contributed by atoms with Crippen LogP contribution in [-0.2, 0) is 4.79 Å². The van der Waals surface area contributed by atoms with Crippen molar-refractivity contribution in [1.29, 1.82) is 5.26 Å². The zero-order valence-electron chi connectivity index (χ0n) is 6.57. The van der Waals surface area contributed by atoms with Crippen molar-refractivity contribution in [3.63, 3.8) is 0 Å². The maximum Gasteiger partial charge on any atom is 0.321 e. The normalized spacial score (nSPS) is 11.7. The summed E-state index contributed by atoms with van der Waals surface area (Å²) in [6, 6.07) is 8.54. The van der Waals surface area contributed by atoms with Crippen molar-refractivity contribution in [2.75, 3.05) is 0 Å². The molecule has 0 heterocycles. The van der Waals surface area contributed by atoms with E-state index in [4.69, 9.17) is 10.4 Å². The molecule has 1 unspecified atom stereocenters. The molecule has 0 saturated carbocycles. The molecule has 0 amide bonds. The Balaban J connectivity index is 3.15. The molecule has 1 N–H and O–H groups in total. The summed E-state index contributed by atoms with van der Waals surface area (Å²) in [4.78, 5) is 9.80. The van der Waals surface area contributed by atoms with Gasteiger partial charge < -0.3 is 5.11 Å². The summed E-state index contributed by atoms with van der Waals surface area (Å²) in [5.41, 5.74) is 0.865. The Hall–Kier alpha value is -1.34. The Morgan fingerprint density at radius 2 is 2.15 bits per heavy atom. The highest BCUT2D eigenvalue weighted by Gasteiger charge is 2.18. The van der Waals surface area contributed by atoms with Crippen LogP contribution >= 0.6 is 15.9 Å². The molecule has 0 fully saturated rings. The molecule has 0 aromatic heterocycles. The van der Waals surface area contributed by atoms with Crippen molar-refractivity contribution in [2.24, 2.45) is 0 Å². The van der Waals surface area contributed by atoms with E-state index < -0.39 is 10.8 Å². The first-order valence-corrected chi connectivity index (χ1v) is 4.44. The minimum atomic E-state index is -0.997. The number of nitriles is 1. The Morgan fingerprint density at radius 3 is 2.69 bits per heavy atom. The number of aliphatic carboxylic acids is 1. The van der Waals surface area contributed by atoms with E-state index in [-0.39, 0.29) is 0 Å². The lowest BCUT2D eigenvalue weighted by Gasteiger charge is -2.05. The Kier molecular flexibility index (Phi) is 3.04. The average molecular weight is 240 g/mol. The summed E-state index contributed by atoms with van der Waals surface area (Å²) >= 11 is 2.99. The molecule has 0 aliphatic heterocycles. The molecule has 3 nitrogen and oxygen atoms in total. The zero-order valence-corrected chi connectivity index (χ0v) is 8.15. The van der Waals surface area contributed by atoms with Crippen LogP contribution in [-0.4, -0.2) is 11.1 Å². The number of carboxylic acids is 1. The first kappa shape index (κ1) is 9.75. The van der Waals surface area contributed by atoms with Gasteiger partial charge in [-0.25, -0.2) is 0 Å². The summed E-state index contributed by atoms with van der Waals surface area (Å²) in [6.07, 6.45) is 0. The first-order chi connectivity index (χ1) is 6.16. The lowest BCUT2D eigenvalue weighted by atomic mass is 10.1. The van der Waals surface area contributed by atoms with Gasteiger partial charge in [0.05, 0.1) is 11.6 Å². The van der Waals surface area contributed by atoms with E-state index in [9.17, 15) is 4.79 Å². The van der Waals surface area contributed by atoms with Crippen LogP contribution in [0, 0.1) is 11.3 Å². The predicted molar refractivity (Wildman–Crippen MR) is 50.5 cm³/mol. The molecule has 0 saturated heterocycles. The minimum absolute atomic E-state index is 0.381. The molecule has 13 heavy (non-hydrogen) atoms. The lowest BCUT2D eigenvalue weighted by Crippen LogP contribution is -2.05. The number of carboxylic acid groups (broad SMARTS) is 1. The molecule has 1 aromatic rings. The monoisotopic (exact) mass is 239 g/mol. The number of benzene rings is 1. The van der Waals surface area contributed by atoms with Crippen LogP contribution in [0.5, 0.6) is 0 Å². The highest BCUT2D eigenvalue weighted by atomic mass is 79.9. The van der Waals surface area contributed by atoms with Gasteiger partial charge in [0, 0.05) is 0 Å². The van der Waals surface area contributed by atoms with Crippen molar-refractivity contribution in [1.82, 2.24) is 0 Å². The highest BCUT2D eigenvalue weighted by molar-refractivity contribution is 9.09. The fourth-order valence-corrected chi connectivity index (χ4v) is 1.35. The van der Waals surface area contributed by atoms with E-state index in [2.05, 4.69) is 15.9 Å². The van der Waals surface area contributed by atoms with Gasteiger partial charge in [0.15, 0.2) is 0 Å². The predicted octanol–water partition coefficient (Wildman–Crippen LogP) is 2.08. The quantitative estimate of drug-likeness (QED) is 0.805. The standard InChI is InChI=1S/C9H6BrNO2/c10-8(9(12)13)7-4-2-1-3-6(7)5-11/h1-4,8H,(H,12,13). The molecular weight excluding hydrogens is 234 g/mol. The van der Waals surface area contributed by atoms with E-state index in [0.717, 1.165) is 0 Å². The number of rotatable bonds is 2. The second-order valence-electron chi connectivity index (χ2n) is 2.40. The molecule has 0 bridgehead atoms. The summed E-state index contributed by atoms with van der Waals surface area (Å²) in [7, 11) is 0. The van der Waals surface area contributed by atoms with Crippen molar-refractivity contribution in [2.45, 2.75) is 4.83 Å². The Bertz CT molecular complexity index is 370. The molecule has 1 rings (SSSR count). The van der Waals surface area contributed by atoms with Crippen LogP contribution in [0.15, 0.2) is 24.3 Å². The number of carbonyl (C=O) groups is 1. The summed E-state index contributed by atoms with van der Waals surface area (Å²) in [5.74, 6) is -0.997. The van der Waals surface area contributed by atoms with E-state index >= 15 is 0 Å². The van der Waals surface area contributed by atoms with Crippen LogP contribution in [0.4, 0.5) is 0 Å². The van der Waals surface area contributed by atoms with Crippen molar-refractivity contribution >= 4 is 21.9 Å². The third-order valence-corrected chi connectivity index (χ3v) is 2.46. The molecule has 0 aliphatic carbocycles. The molecule has 0 spiro atoms. The van der Waals surface area contributed by atoms with E-state index in [1.165, 1.54) is 0 Å². The van der Waals surface area contributed by atoms with Gasteiger partial charge in [-0.05, 0) is 11.6 Å². The van der Waals surface area contributed by atoms with Crippen molar-refractivity contribution < 1.29 is 9.90 Å². The van der Waals surface area contributed by atoms with E-state index in [1.807, 2.05) is 6.07 Å². The second-order valence-corrected chi connectivity index (χ2v) is 3.32. The van der Waals surface area contributed by atoms with Gasteiger partial charge in [0.2, 0.25) is 0 Å². The van der Waals surface area contributed by atoms with Crippen molar-refractivity contribution in [3.05, 3.63) is 35.4 Å². The smallest absolute Gasteiger partial charge is 0.321 e. The van der Waals surface area contributed by atoms with Crippen LogP contribution < -0.4 is 0 Å². The fraction of sp³-hybridized carbons (Fsp3) is 0.111. The van der Waals surface area contributed by atoms with Gasteiger partial charge in [-0.3, -0.25) is 4.79 Å². The summed E-state index contributed by atoms with van der Waals surface area (Å²) in [6.45, 7) is 0. The zero-order chi connectivity index (χ0) is 9.84. The topological polar surface area (TPSA) is 61.1 Å². The average Bonchev–Trinajstić information content (AvgIpc) is 2.16. The second kappa shape index (κ2) is 4.06. The van der Waals surface area contributed by atoms with E-state index in [1.54, 1.807) is 24.3 Å². The Labute approximate surface area is 83.7 Å². The molecule has 0 radical (unpaired) electrons. The van der Waals surface area contributed by atoms with Gasteiger partial charge >= 0.3 is 5.97 Å². The van der Waals surface area contributed by atoms with Gasteiger partial charge in [0.25, 0.3) is 0 Å². The maximum absolute atomic E-state index is 10.6. The molecule has 1 atom stereocenters.